The second kappa shape index (κ2) is 8.64. The highest BCUT2D eigenvalue weighted by atomic mass is 16.5. The van der Waals surface area contributed by atoms with Gasteiger partial charge in [-0.2, -0.15) is 0 Å². The number of rotatable bonds is 5. The number of anilines is 1. The molecule has 6 heteroatoms. The third kappa shape index (κ3) is 4.83. The van der Waals surface area contributed by atoms with Crippen LogP contribution in [0.3, 0.4) is 0 Å². The maximum atomic E-state index is 12.6. The molecule has 6 nitrogen and oxygen atoms in total. The summed E-state index contributed by atoms with van der Waals surface area (Å²) in [7, 11) is 0. The molecule has 2 saturated heterocycles. The number of carbonyl (C=O) groups is 2. The molecule has 1 aromatic rings. The van der Waals surface area contributed by atoms with E-state index < -0.39 is 0 Å². The molecule has 2 amide bonds. The smallest absolute Gasteiger partial charge is 0.254 e. The molecule has 0 unspecified atom stereocenters. The first-order valence-electron chi connectivity index (χ1n) is 9.53. The predicted octanol–water partition coefficient (Wildman–Crippen LogP) is 2.08. The Morgan fingerprint density at radius 1 is 1.23 bits per heavy atom. The summed E-state index contributed by atoms with van der Waals surface area (Å²) >= 11 is 0. The number of amides is 2. The van der Waals surface area contributed by atoms with Gasteiger partial charge in [0.05, 0.1) is 19.1 Å². The van der Waals surface area contributed by atoms with Gasteiger partial charge in [-0.25, -0.2) is 0 Å². The lowest BCUT2D eigenvalue weighted by Gasteiger charge is -2.27. The quantitative estimate of drug-likeness (QED) is 0.874. The maximum absolute atomic E-state index is 12.6. The first-order valence-corrected chi connectivity index (χ1v) is 9.53. The first kappa shape index (κ1) is 18.9. The number of nitrogens with zero attached hydrogens (tertiary/aromatic N) is 2. The van der Waals surface area contributed by atoms with Crippen LogP contribution >= 0.6 is 0 Å². The summed E-state index contributed by atoms with van der Waals surface area (Å²) < 4.78 is 5.30. The summed E-state index contributed by atoms with van der Waals surface area (Å²) in [6, 6.07) is 7.24. The van der Waals surface area contributed by atoms with Gasteiger partial charge in [-0.05, 0) is 37.1 Å². The van der Waals surface area contributed by atoms with Gasteiger partial charge in [0, 0.05) is 37.4 Å². The topological polar surface area (TPSA) is 61.9 Å². The van der Waals surface area contributed by atoms with Crippen molar-refractivity contribution >= 4 is 17.5 Å². The molecule has 2 heterocycles. The summed E-state index contributed by atoms with van der Waals surface area (Å²) in [4.78, 5) is 29.3. The average Bonchev–Trinajstić information content (AvgIpc) is 3.10. The number of morpholine rings is 1. The van der Waals surface area contributed by atoms with Crippen LogP contribution in [-0.4, -0.2) is 67.6 Å². The second-order valence-corrected chi connectivity index (χ2v) is 7.61. The number of nitrogens with one attached hydrogen (secondary N) is 1. The highest BCUT2D eigenvalue weighted by molar-refractivity contribution is 5.97. The Balaban J connectivity index is 1.58. The number of hydrogen-bond donors (Lipinski definition) is 1. The summed E-state index contributed by atoms with van der Waals surface area (Å²) in [5, 5.41) is 2.99. The number of ether oxygens (including phenoxy) is 1. The summed E-state index contributed by atoms with van der Waals surface area (Å²) in [6.07, 6.45) is 0.894. The van der Waals surface area contributed by atoms with E-state index in [1.807, 2.05) is 12.1 Å². The number of benzene rings is 1. The van der Waals surface area contributed by atoms with Crippen LogP contribution in [0, 0.1) is 11.8 Å². The van der Waals surface area contributed by atoms with Crippen LogP contribution in [0.15, 0.2) is 24.3 Å². The minimum Gasteiger partial charge on any atom is -0.378 e. The van der Waals surface area contributed by atoms with Crippen LogP contribution in [0.5, 0.6) is 0 Å². The molecule has 0 aliphatic carbocycles. The van der Waals surface area contributed by atoms with Gasteiger partial charge in [0.15, 0.2) is 0 Å². The molecule has 1 aromatic carbocycles. The lowest BCUT2D eigenvalue weighted by atomic mass is 10.1. The van der Waals surface area contributed by atoms with E-state index in [2.05, 4.69) is 24.1 Å². The Hall–Kier alpha value is -1.92. The van der Waals surface area contributed by atoms with Gasteiger partial charge in [-0.15, -0.1) is 0 Å². The monoisotopic (exact) mass is 359 g/mol. The van der Waals surface area contributed by atoms with Crippen LogP contribution in [0.2, 0.25) is 0 Å². The van der Waals surface area contributed by atoms with E-state index in [0.29, 0.717) is 43.5 Å². The highest BCUT2D eigenvalue weighted by Gasteiger charge is 2.28. The van der Waals surface area contributed by atoms with Crippen molar-refractivity contribution in [2.45, 2.75) is 20.3 Å². The van der Waals surface area contributed by atoms with Crippen molar-refractivity contribution in [2.75, 3.05) is 51.3 Å². The molecule has 1 N–H and O–H groups in total. The molecule has 0 spiro atoms. The predicted molar refractivity (Wildman–Crippen MR) is 101 cm³/mol. The zero-order valence-corrected chi connectivity index (χ0v) is 15.7. The van der Waals surface area contributed by atoms with Gasteiger partial charge < -0.3 is 19.9 Å². The molecule has 0 radical (unpaired) electrons. The van der Waals surface area contributed by atoms with Gasteiger partial charge in [0.1, 0.15) is 0 Å². The minimum absolute atomic E-state index is 0.00614. The van der Waals surface area contributed by atoms with Crippen LogP contribution in [0.1, 0.15) is 30.6 Å². The Kier molecular flexibility index (Phi) is 6.27. The van der Waals surface area contributed by atoms with E-state index in [1.54, 1.807) is 17.0 Å². The van der Waals surface area contributed by atoms with Crippen molar-refractivity contribution < 1.29 is 14.3 Å². The van der Waals surface area contributed by atoms with Gasteiger partial charge in [-0.3, -0.25) is 9.59 Å². The number of likely N-dealkylation sites (tertiary alicyclic amines) is 1. The van der Waals surface area contributed by atoms with Crippen LogP contribution < -0.4 is 5.32 Å². The third-order valence-corrected chi connectivity index (χ3v) is 4.94. The average molecular weight is 359 g/mol. The second-order valence-electron chi connectivity index (χ2n) is 7.61. The lowest BCUT2D eigenvalue weighted by Crippen LogP contribution is -2.40. The Labute approximate surface area is 155 Å². The zero-order chi connectivity index (χ0) is 18.5. The minimum atomic E-state index is -0.00614. The molecule has 26 heavy (non-hydrogen) atoms. The zero-order valence-electron chi connectivity index (χ0n) is 15.7. The SMILES string of the molecule is CC(C)CN1CC[C@@H](C(=O)Nc2cccc(C(=O)N3CCOCC3)c2)C1. The number of carbonyl (C=O) groups excluding carboxylic acids is 2. The molecule has 1 atom stereocenters. The van der Waals surface area contributed by atoms with Gasteiger partial charge in [-0.1, -0.05) is 19.9 Å². The largest absolute Gasteiger partial charge is 0.378 e. The fraction of sp³-hybridized carbons (Fsp3) is 0.600. The Bertz CT molecular complexity index is 641. The van der Waals surface area contributed by atoms with E-state index in [1.165, 1.54) is 0 Å². The molecular formula is C20H29N3O3. The van der Waals surface area contributed by atoms with E-state index in [4.69, 9.17) is 4.74 Å². The molecule has 3 rings (SSSR count). The fourth-order valence-corrected chi connectivity index (χ4v) is 3.65. The Morgan fingerprint density at radius 2 is 2.00 bits per heavy atom. The van der Waals surface area contributed by atoms with Crippen molar-refractivity contribution in [3.8, 4) is 0 Å². The molecule has 2 aliphatic rings. The maximum Gasteiger partial charge on any atom is 0.254 e. The van der Waals surface area contributed by atoms with Crippen molar-refractivity contribution in [1.82, 2.24) is 9.80 Å². The van der Waals surface area contributed by atoms with Gasteiger partial charge in [0.2, 0.25) is 5.91 Å². The Morgan fingerprint density at radius 3 is 2.73 bits per heavy atom. The summed E-state index contributed by atoms with van der Waals surface area (Å²) in [5.74, 6) is 0.674. The van der Waals surface area contributed by atoms with E-state index in [9.17, 15) is 9.59 Å². The van der Waals surface area contributed by atoms with Gasteiger partial charge >= 0.3 is 0 Å². The molecule has 0 saturated carbocycles. The molecule has 0 bridgehead atoms. The van der Waals surface area contributed by atoms with E-state index in [-0.39, 0.29) is 17.7 Å². The van der Waals surface area contributed by atoms with Crippen molar-refractivity contribution in [3.63, 3.8) is 0 Å². The summed E-state index contributed by atoms with van der Waals surface area (Å²) in [6.45, 7) is 9.62. The van der Waals surface area contributed by atoms with Crippen molar-refractivity contribution in [3.05, 3.63) is 29.8 Å². The third-order valence-electron chi connectivity index (χ3n) is 4.94. The summed E-state index contributed by atoms with van der Waals surface area (Å²) in [5.41, 5.74) is 1.30. The first-order chi connectivity index (χ1) is 12.5. The highest BCUT2D eigenvalue weighted by Crippen LogP contribution is 2.20. The normalized spacial score (nSPS) is 21.2. The lowest BCUT2D eigenvalue weighted by molar-refractivity contribution is -0.119. The number of hydrogen-bond acceptors (Lipinski definition) is 4. The van der Waals surface area contributed by atoms with Crippen LogP contribution in [0.4, 0.5) is 5.69 Å². The van der Waals surface area contributed by atoms with Gasteiger partial charge in [0.25, 0.3) is 5.91 Å². The molecule has 142 valence electrons. The molecular weight excluding hydrogens is 330 g/mol. The van der Waals surface area contributed by atoms with E-state index >= 15 is 0 Å². The van der Waals surface area contributed by atoms with Crippen LogP contribution in [-0.2, 0) is 9.53 Å². The molecule has 0 aromatic heterocycles. The standard InChI is InChI=1S/C20H29N3O3/c1-15(2)13-22-7-6-17(14-22)19(24)21-18-5-3-4-16(12-18)20(25)23-8-10-26-11-9-23/h3-5,12,15,17H,6-11,13-14H2,1-2H3,(H,21,24)/t17-/m1/s1. The van der Waals surface area contributed by atoms with Crippen LogP contribution in [0.25, 0.3) is 0 Å². The molecule has 2 aliphatic heterocycles. The van der Waals surface area contributed by atoms with E-state index in [0.717, 1.165) is 26.1 Å². The van der Waals surface area contributed by atoms with Crippen molar-refractivity contribution in [1.29, 1.82) is 0 Å². The molecule has 2 fully saturated rings. The fourth-order valence-electron chi connectivity index (χ4n) is 3.65. The van der Waals surface area contributed by atoms with Crippen molar-refractivity contribution in [2.24, 2.45) is 11.8 Å².